The van der Waals surface area contributed by atoms with Crippen LogP contribution in [0.15, 0.2) is 0 Å². The number of methoxy groups -OCH3 is 1. The molecule has 0 heterocycles. The Morgan fingerprint density at radius 3 is 2.46 bits per heavy atom. The van der Waals surface area contributed by atoms with Gasteiger partial charge in [-0.05, 0) is 0 Å². The van der Waals surface area contributed by atoms with E-state index >= 15 is 0 Å². The zero-order chi connectivity index (χ0) is 10.2. The van der Waals surface area contributed by atoms with Gasteiger partial charge in [-0.15, -0.1) is 0 Å². The molecule has 0 aliphatic carbocycles. The van der Waals surface area contributed by atoms with E-state index in [0.29, 0.717) is 26.4 Å². The van der Waals surface area contributed by atoms with E-state index in [1.807, 2.05) is 0 Å². The minimum absolute atomic E-state index is 0.305. The number of nitrogens with one attached hydrogen (secondary N) is 1. The first-order valence-electron chi connectivity index (χ1n) is 4.21. The summed E-state index contributed by atoms with van der Waals surface area (Å²) in [6.45, 7) is 2.48. The molecular weight excluding hydrogens is 180 g/mol. The number of hydrogen-bond acceptors (Lipinski definition) is 3. The van der Waals surface area contributed by atoms with Crippen LogP contribution in [0.25, 0.3) is 0 Å². The topological polar surface area (TPSA) is 30.5 Å². The van der Waals surface area contributed by atoms with Crippen LogP contribution in [-0.2, 0) is 9.47 Å². The van der Waals surface area contributed by atoms with Crippen LogP contribution < -0.4 is 5.32 Å². The van der Waals surface area contributed by atoms with E-state index in [9.17, 15) is 8.78 Å². The van der Waals surface area contributed by atoms with Crippen LogP contribution in [0.1, 0.15) is 6.92 Å². The average Bonchev–Trinajstić information content (AvgIpc) is 2.01. The Labute approximate surface area is 77.4 Å². The Balaban J connectivity index is 3.00. The Morgan fingerprint density at radius 2 is 1.92 bits per heavy atom. The molecule has 5 heteroatoms. The highest BCUT2D eigenvalue weighted by Gasteiger charge is 2.19. The fourth-order valence-corrected chi connectivity index (χ4v) is 0.697. The minimum Gasteiger partial charge on any atom is -0.382 e. The third kappa shape index (κ3) is 11.7. The minimum atomic E-state index is -2.65. The lowest BCUT2D eigenvalue weighted by atomic mass is 10.4. The van der Waals surface area contributed by atoms with Crippen LogP contribution in [0, 0.1) is 0 Å². The van der Waals surface area contributed by atoms with Crippen LogP contribution in [0.2, 0.25) is 0 Å². The molecule has 0 radical (unpaired) electrons. The van der Waals surface area contributed by atoms with Gasteiger partial charge < -0.3 is 14.8 Å². The van der Waals surface area contributed by atoms with E-state index < -0.39 is 5.92 Å². The van der Waals surface area contributed by atoms with Crippen LogP contribution >= 0.6 is 0 Å². The molecule has 3 nitrogen and oxygen atoms in total. The van der Waals surface area contributed by atoms with Crippen molar-refractivity contribution in [2.24, 2.45) is 0 Å². The van der Waals surface area contributed by atoms with Crippen molar-refractivity contribution in [2.75, 3.05) is 40.0 Å². The zero-order valence-corrected chi connectivity index (χ0v) is 8.11. The summed E-state index contributed by atoms with van der Waals surface area (Å²) in [5.74, 6) is -2.65. The van der Waals surface area contributed by atoms with E-state index in [1.54, 1.807) is 7.11 Å². The van der Waals surface area contributed by atoms with Crippen LogP contribution in [0.3, 0.4) is 0 Å². The predicted octanol–water partition coefficient (Wildman–Crippen LogP) is 0.894. The maximum atomic E-state index is 12.2. The van der Waals surface area contributed by atoms with Crippen molar-refractivity contribution >= 4 is 0 Å². The van der Waals surface area contributed by atoms with Gasteiger partial charge in [-0.1, -0.05) is 0 Å². The molecule has 0 rings (SSSR count). The second-order valence-electron chi connectivity index (χ2n) is 2.85. The molecule has 0 aromatic rings. The van der Waals surface area contributed by atoms with Gasteiger partial charge in [-0.3, -0.25) is 0 Å². The number of rotatable bonds is 8. The van der Waals surface area contributed by atoms with Crippen molar-refractivity contribution in [3.8, 4) is 0 Å². The van der Waals surface area contributed by atoms with Crippen LogP contribution in [0.4, 0.5) is 8.78 Å². The van der Waals surface area contributed by atoms with Crippen molar-refractivity contribution in [3.63, 3.8) is 0 Å². The molecule has 0 spiro atoms. The molecule has 0 bridgehead atoms. The lowest BCUT2D eigenvalue weighted by Crippen LogP contribution is -2.32. The molecule has 0 amide bonds. The zero-order valence-electron chi connectivity index (χ0n) is 8.11. The van der Waals surface area contributed by atoms with E-state index in [4.69, 9.17) is 9.47 Å². The molecule has 0 fully saturated rings. The van der Waals surface area contributed by atoms with Crippen molar-refractivity contribution in [1.82, 2.24) is 5.32 Å². The van der Waals surface area contributed by atoms with E-state index in [1.165, 1.54) is 0 Å². The summed E-state index contributed by atoms with van der Waals surface area (Å²) >= 11 is 0. The Hall–Kier alpha value is -0.260. The third-order valence-electron chi connectivity index (χ3n) is 1.29. The summed E-state index contributed by atoms with van der Waals surface area (Å²) in [6, 6.07) is 0. The first-order valence-corrected chi connectivity index (χ1v) is 4.21. The van der Waals surface area contributed by atoms with Gasteiger partial charge in [0.15, 0.2) is 0 Å². The summed E-state index contributed by atoms with van der Waals surface area (Å²) in [7, 11) is 1.58. The molecule has 0 aromatic heterocycles. The molecule has 0 aliphatic rings. The van der Waals surface area contributed by atoms with E-state index in [2.05, 4.69) is 5.32 Å². The maximum Gasteiger partial charge on any atom is 0.257 e. The summed E-state index contributed by atoms with van der Waals surface area (Å²) in [5, 5.41) is 2.59. The van der Waals surface area contributed by atoms with Gasteiger partial charge in [0.2, 0.25) is 0 Å². The summed E-state index contributed by atoms with van der Waals surface area (Å²) < 4.78 is 34.3. The van der Waals surface area contributed by atoms with Crippen molar-refractivity contribution < 1.29 is 18.3 Å². The highest BCUT2D eigenvalue weighted by atomic mass is 19.3. The van der Waals surface area contributed by atoms with Crippen LogP contribution in [0.5, 0.6) is 0 Å². The predicted molar refractivity (Wildman–Crippen MR) is 46.2 cm³/mol. The second kappa shape index (κ2) is 7.17. The lowest BCUT2D eigenvalue weighted by Gasteiger charge is -2.11. The smallest absolute Gasteiger partial charge is 0.257 e. The first-order chi connectivity index (χ1) is 6.06. The molecule has 1 N–H and O–H groups in total. The first kappa shape index (κ1) is 12.7. The Morgan fingerprint density at radius 1 is 1.23 bits per heavy atom. The highest BCUT2D eigenvalue weighted by molar-refractivity contribution is 4.61. The van der Waals surface area contributed by atoms with Gasteiger partial charge in [0.05, 0.1) is 26.4 Å². The van der Waals surface area contributed by atoms with E-state index in [-0.39, 0.29) is 6.54 Å². The lowest BCUT2D eigenvalue weighted by molar-refractivity contribution is 0.0190. The average molecular weight is 197 g/mol. The van der Waals surface area contributed by atoms with Gasteiger partial charge >= 0.3 is 0 Å². The number of alkyl halides is 2. The largest absolute Gasteiger partial charge is 0.382 e. The summed E-state index contributed by atoms with van der Waals surface area (Å²) in [6.07, 6.45) is 0. The van der Waals surface area contributed by atoms with Crippen molar-refractivity contribution in [3.05, 3.63) is 0 Å². The maximum absolute atomic E-state index is 12.2. The van der Waals surface area contributed by atoms with Gasteiger partial charge in [0.25, 0.3) is 5.92 Å². The van der Waals surface area contributed by atoms with Gasteiger partial charge in [0, 0.05) is 20.6 Å². The Kier molecular flexibility index (Phi) is 7.03. The van der Waals surface area contributed by atoms with Gasteiger partial charge in [-0.25, -0.2) is 8.78 Å². The normalized spacial score (nSPS) is 12.0. The SMILES string of the molecule is COCCOCCNCC(C)(F)F. The second-order valence-corrected chi connectivity index (χ2v) is 2.85. The molecule has 0 aliphatic heterocycles. The number of hydrogen-bond donors (Lipinski definition) is 1. The number of ether oxygens (including phenoxy) is 2. The number of halogens is 2. The molecule has 0 atom stereocenters. The van der Waals surface area contributed by atoms with Gasteiger partial charge in [0.1, 0.15) is 0 Å². The summed E-state index contributed by atoms with van der Waals surface area (Å²) in [5.41, 5.74) is 0. The summed E-state index contributed by atoms with van der Waals surface area (Å²) in [4.78, 5) is 0. The monoisotopic (exact) mass is 197 g/mol. The van der Waals surface area contributed by atoms with Gasteiger partial charge in [-0.2, -0.15) is 0 Å². The third-order valence-corrected chi connectivity index (χ3v) is 1.29. The molecule has 0 aromatic carbocycles. The molecule has 80 valence electrons. The Bertz CT molecular complexity index is 117. The van der Waals surface area contributed by atoms with Crippen molar-refractivity contribution in [2.45, 2.75) is 12.8 Å². The fourth-order valence-electron chi connectivity index (χ4n) is 0.697. The standard InChI is InChI=1S/C8H17F2NO2/c1-8(9,10)7-11-3-4-13-6-5-12-2/h11H,3-7H2,1-2H3. The molecule has 13 heavy (non-hydrogen) atoms. The molecule has 0 saturated carbocycles. The van der Waals surface area contributed by atoms with E-state index in [0.717, 1.165) is 6.92 Å². The molecule has 0 unspecified atom stereocenters. The molecule has 0 saturated heterocycles. The van der Waals surface area contributed by atoms with Crippen molar-refractivity contribution in [1.29, 1.82) is 0 Å². The fraction of sp³-hybridized carbons (Fsp3) is 1.00. The molecular formula is C8H17F2NO2. The van der Waals surface area contributed by atoms with Crippen LogP contribution in [-0.4, -0.2) is 45.9 Å². The highest BCUT2D eigenvalue weighted by Crippen LogP contribution is 2.08. The quantitative estimate of drug-likeness (QED) is 0.586.